The molecule has 0 aromatic carbocycles. The molecule has 3 nitrogen and oxygen atoms in total. The van der Waals surface area contributed by atoms with E-state index in [2.05, 4.69) is 17.7 Å². The number of fused-ring (bicyclic) bond motifs is 1. The van der Waals surface area contributed by atoms with Gasteiger partial charge in [-0.1, -0.05) is 30.9 Å². The van der Waals surface area contributed by atoms with Gasteiger partial charge in [-0.25, -0.2) is 0 Å². The number of ether oxygens (including phenoxy) is 1. The number of allylic oxidation sites excluding steroid dienone is 2. The van der Waals surface area contributed by atoms with Crippen molar-refractivity contribution in [2.75, 3.05) is 7.11 Å². The largest absolute Gasteiger partial charge is 0.469 e. The maximum Gasteiger partial charge on any atom is 0.305 e. The van der Waals surface area contributed by atoms with Crippen molar-refractivity contribution in [1.29, 1.82) is 0 Å². The van der Waals surface area contributed by atoms with E-state index in [1.54, 1.807) is 0 Å². The van der Waals surface area contributed by atoms with Crippen LogP contribution in [0, 0.1) is 17.8 Å². The van der Waals surface area contributed by atoms with Crippen LogP contribution >= 0.6 is 0 Å². The van der Waals surface area contributed by atoms with Gasteiger partial charge in [0.05, 0.1) is 7.11 Å². The van der Waals surface area contributed by atoms with Crippen LogP contribution in [0.4, 0.5) is 0 Å². The lowest BCUT2D eigenvalue weighted by Crippen LogP contribution is -2.20. The van der Waals surface area contributed by atoms with Crippen molar-refractivity contribution in [2.24, 2.45) is 17.8 Å². The van der Waals surface area contributed by atoms with E-state index in [0.717, 1.165) is 44.9 Å². The minimum Gasteiger partial charge on any atom is -0.469 e. The summed E-state index contributed by atoms with van der Waals surface area (Å²) in [7, 11) is 1.44. The molecule has 2 rings (SSSR count). The summed E-state index contributed by atoms with van der Waals surface area (Å²) in [6, 6.07) is 0. The zero-order valence-electron chi connectivity index (χ0n) is 13.4. The zero-order chi connectivity index (χ0) is 15.2. The molecule has 0 aromatic rings. The highest BCUT2D eigenvalue weighted by Gasteiger charge is 2.42. The van der Waals surface area contributed by atoms with E-state index in [1.165, 1.54) is 19.1 Å². The zero-order valence-corrected chi connectivity index (χ0v) is 13.4. The number of rotatable bonds is 7. The third kappa shape index (κ3) is 4.18. The number of hydrogen-bond acceptors (Lipinski definition) is 3. The summed E-state index contributed by atoms with van der Waals surface area (Å²) in [6.07, 6.45) is 11.2. The van der Waals surface area contributed by atoms with E-state index >= 15 is 0 Å². The van der Waals surface area contributed by atoms with Gasteiger partial charge in [-0.3, -0.25) is 9.59 Å². The van der Waals surface area contributed by atoms with Gasteiger partial charge < -0.3 is 4.74 Å². The molecule has 3 heteroatoms. The Morgan fingerprint density at radius 1 is 1.29 bits per heavy atom. The molecule has 2 aliphatic carbocycles. The average molecular weight is 292 g/mol. The Balaban J connectivity index is 1.68. The fourth-order valence-corrected chi connectivity index (χ4v) is 4.06. The highest BCUT2D eigenvalue weighted by molar-refractivity contribution is 5.84. The van der Waals surface area contributed by atoms with Crippen LogP contribution in [0.15, 0.2) is 11.6 Å². The van der Waals surface area contributed by atoms with Gasteiger partial charge >= 0.3 is 5.97 Å². The summed E-state index contributed by atoms with van der Waals surface area (Å²) in [4.78, 5) is 23.3. The Kier molecular flexibility index (Phi) is 6.01. The minimum absolute atomic E-state index is 0.117. The van der Waals surface area contributed by atoms with Crippen LogP contribution in [-0.4, -0.2) is 18.9 Å². The molecule has 0 amide bonds. The number of unbranched alkanes of at least 4 members (excludes halogenated alkanes) is 3. The van der Waals surface area contributed by atoms with Crippen molar-refractivity contribution in [1.82, 2.24) is 0 Å². The van der Waals surface area contributed by atoms with Crippen LogP contribution in [0.25, 0.3) is 0 Å². The van der Waals surface area contributed by atoms with Crippen molar-refractivity contribution >= 4 is 11.8 Å². The van der Waals surface area contributed by atoms with E-state index < -0.39 is 0 Å². The van der Waals surface area contributed by atoms with E-state index in [-0.39, 0.29) is 5.97 Å². The van der Waals surface area contributed by atoms with E-state index in [0.29, 0.717) is 30.0 Å². The van der Waals surface area contributed by atoms with Gasteiger partial charge in [0.25, 0.3) is 0 Å². The first kappa shape index (κ1) is 16.3. The van der Waals surface area contributed by atoms with Gasteiger partial charge in [-0.05, 0) is 44.4 Å². The van der Waals surface area contributed by atoms with Crippen molar-refractivity contribution in [2.45, 2.75) is 64.7 Å². The molecule has 2 aliphatic rings. The number of ketones is 1. The number of Topliss-reactive ketones (excluding diaryl/α,β-unsaturated/α-hetero) is 1. The Morgan fingerprint density at radius 2 is 2.05 bits per heavy atom. The Hall–Kier alpha value is -1.12. The molecule has 0 saturated heterocycles. The second kappa shape index (κ2) is 7.77. The predicted octanol–water partition coefficient (Wildman–Crippen LogP) is 4.06. The lowest BCUT2D eigenvalue weighted by molar-refractivity contribution is -0.140. The van der Waals surface area contributed by atoms with E-state index in [1.807, 2.05) is 0 Å². The van der Waals surface area contributed by atoms with Crippen molar-refractivity contribution in [3.8, 4) is 0 Å². The highest BCUT2D eigenvalue weighted by atomic mass is 16.5. The van der Waals surface area contributed by atoms with Gasteiger partial charge in [0.2, 0.25) is 0 Å². The van der Waals surface area contributed by atoms with Crippen molar-refractivity contribution in [3.63, 3.8) is 0 Å². The number of methoxy groups -OCH3 is 1. The molecule has 0 radical (unpaired) electrons. The molecule has 0 bridgehead atoms. The van der Waals surface area contributed by atoms with Crippen LogP contribution in [0.2, 0.25) is 0 Å². The predicted molar refractivity (Wildman–Crippen MR) is 82.8 cm³/mol. The van der Waals surface area contributed by atoms with Crippen LogP contribution in [-0.2, 0) is 14.3 Å². The highest BCUT2D eigenvalue weighted by Crippen LogP contribution is 2.46. The Bertz CT molecular complexity index is 411. The first-order valence-electron chi connectivity index (χ1n) is 8.39. The molecule has 0 aromatic heterocycles. The summed E-state index contributed by atoms with van der Waals surface area (Å²) in [5.41, 5.74) is 1.44. The van der Waals surface area contributed by atoms with Gasteiger partial charge in [-0.2, -0.15) is 0 Å². The molecule has 1 saturated carbocycles. The lowest BCUT2D eigenvalue weighted by atomic mass is 9.76. The maximum atomic E-state index is 12.2. The van der Waals surface area contributed by atoms with Crippen molar-refractivity contribution in [3.05, 3.63) is 11.6 Å². The lowest BCUT2D eigenvalue weighted by Gasteiger charge is -2.28. The van der Waals surface area contributed by atoms with Crippen LogP contribution in [0.3, 0.4) is 0 Å². The summed E-state index contributed by atoms with van der Waals surface area (Å²) in [6.45, 7) is 2.19. The molecular weight excluding hydrogens is 264 g/mol. The smallest absolute Gasteiger partial charge is 0.305 e. The Labute approximate surface area is 128 Å². The topological polar surface area (TPSA) is 43.4 Å². The van der Waals surface area contributed by atoms with Crippen LogP contribution < -0.4 is 0 Å². The molecule has 118 valence electrons. The fourth-order valence-electron chi connectivity index (χ4n) is 4.06. The quantitative estimate of drug-likeness (QED) is 0.404. The number of esters is 1. The van der Waals surface area contributed by atoms with E-state index in [4.69, 9.17) is 0 Å². The first-order chi connectivity index (χ1) is 10.1. The Morgan fingerprint density at radius 3 is 2.81 bits per heavy atom. The average Bonchev–Trinajstić information content (AvgIpc) is 2.80. The normalized spacial score (nSPS) is 28.2. The standard InChI is InChI=1S/C18H28O3/c1-13-8-7-10-14-15(17(19)12-16(13)14)9-5-3-4-6-11-18(20)21-2/h8,14-16H,3-7,9-12H2,1-2H3. The number of carbonyl (C=O) groups excluding carboxylic acids is 2. The fraction of sp³-hybridized carbons (Fsp3) is 0.778. The maximum absolute atomic E-state index is 12.2. The van der Waals surface area contributed by atoms with Crippen molar-refractivity contribution < 1.29 is 14.3 Å². The third-order valence-corrected chi connectivity index (χ3v) is 5.29. The summed E-state index contributed by atoms with van der Waals surface area (Å²) in [5.74, 6) is 1.83. The molecule has 1 fully saturated rings. The number of carbonyl (C=O) groups is 2. The second-order valence-corrected chi connectivity index (χ2v) is 6.60. The minimum atomic E-state index is -0.117. The van der Waals surface area contributed by atoms with E-state index in [9.17, 15) is 9.59 Å². The van der Waals surface area contributed by atoms with Gasteiger partial charge in [0.15, 0.2) is 0 Å². The van der Waals surface area contributed by atoms with Gasteiger partial charge in [0, 0.05) is 18.8 Å². The summed E-state index contributed by atoms with van der Waals surface area (Å²) < 4.78 is 4.63. The molecule has 0 N–H and O–H groups in total. The monoisotopic (exact) mass is 292 g/mol. The molecule has 3 atom stereocenters. The van der Waals surface area contributed by atoms with Crippen LogP contribution in [0.1, 0.15) is 64.7 Å². The van der Waals surface area contributed by atoms with Crippen LogP contribution in [0.5, 0.6) is 0 Å². The molecule has 0 aliphatic heterocycles. The van der Waals surface area contributed by atoms with Gasteiger partial charge in [0.1, 0.15) is 5.78 Å². The summed E-state index contributed by atoms with van der Waals surface area (Å²) in [5, 5.41) is 0. The first-order valence-corrected chi connectivity index (χ1v) is 8.39. The molecule has 0 spiro atoms. The van der Waals surface area contributed by atoms with Gasteiger partial charge in [-0.15, -0.1) is 0 Å². The number of hydrogen-bond donors (Lipinski definition) is 0. The summed E-state index contributed by atoms with van der Waals surface area (Å²) >= 11 is 0. The third-order valence-electron chi connectivity index (χ3n) is 5.29. The molecule has 21 heavy (non-hydrogen) atoms. The molecule has 3 unspecified atom stereocenters. The molecule has 0 heterocycles. The molecular formula is C18H28O3. The SMILES string of the molecule is COC(=O)CCCCCCC1C(=O)CC2C(C)=CCCC12. The second-order valence-electron chi connectivity index (χ2n) is 6.60.